The molecule has 0 atom stereocenters. The van der Waals surface area contributed by atoms with Crippen molar-refractivity contribution >= 4 is 0 Å². The average molecular weight is 835 g/mol. The van der Waals surface area contributed by atoms with Gasteiger partial charge in [0.1, 0.15) is 34.5 Å². The summed E-state index contributed by atoms with van der Waals surface area (Å²) in [6.45, 7) is 26.9. The van der Waals surface area contributed by atoms with Crippen molar-refractivity contribution in [1.29, 1.82) is 0 Å². The molecular formula is C56H66O6. The summed E-state index contributed by atoms with van der Waals surface area (Å²) < 4.78 is 11.1. The van der Waals surface area contributed by atoms with Crippen LogP contribution in [0, 0.1) is 13.8 Å². The topological polar surface area (TPSA) is 99.4 Å². The number of benzene rings is 6. The van der Waals surface area contributed by atoms with Gasteiger partial charge in [0.15, 0.2) is 0 Å². The van der Waals surface area contributed by atoms with Gasteiger partial charge in [-0.25, -0.2) is 0 Å². The number of phenolic OH excluding ortho intramolecular Hbond substituents is 4. The third-order valence-corrected chi connectivity index (χ3v) is 9.34. The Labute approximate surface area is 371 Å². The van der Waals surface area contributed by atoms with Crippen molar-refractivity contribution in [1.82, 2.24) is 0 Å². The molecule has 62 heavy (non-hydrogen) atoms. The van der Waals surface area contributed by atoms with Crippen molar-refractivity contribution in [2.75, 3.05) is 14.2 Å². The van der Waals surface area contributed by atoms with E-state index in [1.165, 1.54) is 11.1 Å². The maximum absolute atomic E-state index is 10.0. The molecule has 6 heteroatoms. The van der Waals surface area contributed by atoms with Gasteiger partial charge in [0.25, 0.3) is 0 Å². The van der Waals surface area contributed by atoms with Gasteiger partial charge in [-0.15, -0.1) is 26.3 Å². The zero-order valence-electron chi connectivity index (χ0n) is 38.0. The fourth-order valence-corrected chi connectivity index (χ4v) is 6.43. The number of hydrogen-bond donors (Lipinski definition) is 4. The molecule has 4 N–H and O–H groups in total. The van der Waals surface area contributed by atoms with Gasteiger partial charge in [-0.1, -0.05) is 99.5 Å². The van der Waals surface area contributed by atoms with Crippen LogP contribution in [0.15, 0.2) is 160 Å². The van der Waals surface area contributed by atoms with E-state index >= 15 is 0 Å². The second kappa shape index (κ2) is 27.0. The van der Waals surface area contributed by atoms with E-state index in [2.05, 4.69) is 50.6 Å². The van der Waals surface area contributed by atoms with Crippen molar-refractivity contribution in [2.24, 2.45) is 0 Å². The third kappa shape index (κ3) is 14.7. The molecule has 0 aliphatic carbocycles. The van der Waals surface area contributed by atoms with Crippen molar-refractivity contribution in [2.45, 2.75) is 67.2 Å². The number of allylic oxidation sites excluding steroid dienone is 4. The molecule has 0 fully saturated rings. The maximum Gasteiger partial charge on any atom is 0.126 e. The fraction of sp³-hybridized carbons (Fsp3) is 0.214. The Morgan fingerprint density at radius 1 is 0.371 bits per heavy atom. The van der Waals surface area contributed by atoms with E-state index in [4.69, 9.17) is 9.47 Å². The summed E-state index contributed by atoms with van der Waals surface area (Å²) in [4.78, 5) is 0. The van der Waals surface area contributed by atoms with Gasteiger partial charge < -0.3 is 29.9 Å². The highest BCUT2D eigenvalue weighted by atomic mass is 16.5. The van der Waals surface area contributed by atoms with E-state index in [-0.39, 0.29) is 23.0 Å². The zero-order valence-corrected chi connectivity index (χ0v) is 38.0. The Hall–Kier alpha value is -6.92. The van der Waals surface area contributed by atoms with Crippen LogP contribution in [0.5, 0.6) is 34.5 Å². The maximum atomic E-state index is 10.0. The molecule has 0 aliphatic heterocycles. The second-order valence-corrected chi connectivity index (χ2v) is 13.8. The fourth-order valence-electron chi connectivity index (χ4n) is 6.43. The predicted octanol–water partition coefficient (Wildman–Crippen LogP) is 14.5. The Kier molecular flexibility index (Phi) is 22.3. The summed E-state index contributed by atoms with van der Waals surface area (Å²) in [6.07, 6.45) is 10.5. The quantitative estimate of drug-likeness (QED) is 0.0865. The van der Waals surface area contributed by atoms with Gasteiger partial charge in [-0.05, 0) is 135 Å². The molecule has 6 aromatic rings. The number of hydrogen-bond acceptors (Lipinski definition) is 6. The van der Waals surface area contributed by atoms with Crippen LogP contribution >= 0.6 is 0 Å². The molecule has 326 valence electrons. The van der Waals surface area contributed by atoms with Crippen LogP contribution < -0.4 is 9.47 Å². The highest BCUT2D eigenvalue weighted by molar-refractivity contribution is 5.78. The molecule has 0 saturated carbocycles. The lowest BCUT2D eigenvalue weighted by Crippen LogP contribution is -1.95. The Bertz CT molecular complexity index is 2200. The lowest BCUT2D eigenvalue weighted by atomic mass is 9.97. The molecule has 0 unspecified atom stereocenters. The minimum Gasteiger partial charge on any atom is -0.507 e. The summed E-state index contributed by atoms with van der Waals surface area (Å²) >= 11 is 0. The lowest BCUT2D eigenvalue weighted by molar-refractivity contribution is 0.410. The summed E-state index contributed by atoms with van der Waals surface area (Å²) in [5.74, 6) is 2.36. The van der Waals surface area contributed by atoms with E-state index in [9.17, 15) is 20.4 Å². The highest BCUT2D eigenvalue weighted by Crippen LogP contribution is 2.39. The minimum atomic E-state index is 0.156. The summed E-state index contributed by atoms with van der Waals surface area (Å²) in [7, 11) is 3.37. The van der Waals surface area contributed by atoms with E-state index in [1.807, 2.05) is 127 Å². The molecule has 6 aromatic carbocycles. The molecule has 0 aromatic heterocycles. The predicted molar refractivity (Wildman–Crippen MR) is 263 cm³/mol. The van der Waals surface area contributed by atoms with Gasteiger partial charge in [0.2, 0.25) is 0 Å². The molecule has 0 spiro atoms. The first kappa shape index (κ1) is 51.2. The van der Waals surface area contributed by atoms with E-state index in [0.29, 0.717) is 22.3 Å². The number of phenols is 4. The van der Waals surface area contributed by atoms with Crippen LogP contribution in [0.2, 0.25) is 0 Å². The van der Waals surface area contributed by atoms with E-state index in [0.717, 1.165) is 70.6 Å². The normalized spacial score (nSPS) is 9.74. The molecule has 0 saturated heterocycles. The first-order chi connectivity index (χ1) is 30.0. The minimum absolute atomic E-state index is 0.156. The van der Waals surface area contributed by atoms with Gasteiger partial charge in [0, 0.05) is 33.4 Å². The molecule has 0 aliphatic rings. The first-order valence-electron chi connectivity index (χ1n) is 21.0. The van der Waals surface area contributed by atoms with Gasteiger partial charge in [0.05, 0.1) is 14.2 Å². The number of ether oxygens (including phenoxy) is 2. The second-order valence-electron chi connectivity index (χ2n) is 13.8. The molecule has 0 amide bonds. The standard InChI is InChI=1S/C20H22O2.C18H18O2.C14H14O2.2C2H6/c1-5-7-15-9-11-19(21-3)17(13-15)18-14-16(8-6-2)10-12-20(18)22-4;1-3-5-13-7-9-17(19)15(11-13)16-12-14(6-4-2)8-10-18(16)20;1-9-3-5-13(15)11(7-9)12-8-10(2)4-6-14(12)16;2*1-2/h5-6,9-14H,1-2,7-8H2,3-4H3;3-4,7-12,19-20H,1-2,5-6H2;3-8,15-16H,1-2H3;2*1-2H3. The van der Waals surface area contributed by atoms with Gasteiger partial charge in [-0.3, -0.25) is 0 Å². The smallest absolute Gasteiger partial charge is 0.126 e. The molecule has 0 radical (unpaired) electrons. The molecule has 0 heterocycles. The summed E-state index contributed by atoms with van der Waals surface area (Å²) in [5, 5.41) is 39.7. The van der Waals surface area contributed by atoms with Crippen molar-refractivity contribution in [3.63, 3.8) is 0 Å². The van der Waals surface area contributed by atoms with Crippen LogP contribution in [0.4, 0.5) is 0 Å². The Balaban J connectivity index is 0.000000310. The zero-order chi connectivity index (χ0) is 46.2. The lowest BCUT2D eigenvalue weighted by Gasteiger charge is -2.15. The van der Waals surface area contributed by atoms with Crippen LogP contribution in [0.3, 0.4) is 0 Å². The van der Waals surface area contributed by atoms with Crippen molar-refractivity contribution < 1.29 is 29.9 Å². The Morgan fingerprint density at radius 3 is 0.887 bits per heavy atom. The number of aromatic hydroxyl groups is 4. The summed E-state index contributed by atoms with van der Waals surface area (Å²) in [6, 6.07) is 33.8. The molecule has 6 rings (SSSR count). The van der Waals surface area contributed by atoms with Crippen molar-refractivity contribution in [3.05, 3.63) is 193 Å². The highest BCUT2D eigenvalue weighted by Gasteiger charge is 2.14. The van der Waals surface area contributed by atoms with E-state index in [1.54, 1.807) is 38.5 Å². The van der Waals surface area contributed by atoms with Gasteiger partial charge in [-0.2, -0.15) is 0 Å². The summed E-state index contributed by atoms with van der Waals surface area (Å²) in [5.41, 5.74) is 11.2. The monoisotopic (exact) mass is 834 g/mol. The number of aryl methyl sites for hydroxylation is 2. The van der Waals surface area contributed by atoms with Crippen LogP contribution in [-0.2, 0) is 25.7 Å². The third-order valence-electron chi connectivity index (χ3n) is 9.34. The molecular weight excluding hydrogens is 769 g/mol. The van der Waals surface area contributed by atoms with Crippen LogP contribution in [-0.4, -0.2) is 34.6 Å². The van der Waals surface area contributed by atoms with E-state index < -0.39 is 0 Å². The molecule has 6 nitrogen and oxygen atoms in total. The SMILES string of the molecule is C=CCc1ccc(O)c(-c2cc(CC=C)ccc2O)c1.C=CCc1ccc(OC)c(-c2cc(CC=C)ccc2OC)c1.CC.CC.Cc1ccc(O)c(-c2cc(C)ccc2O)c1. The number of methoxy groups -OCH3 is 2. The Morgan fingerprint density at radius 2 is 0.613 bits per heavy atom. The average Bonchev–Trinajstić information content (AvgIpc) is 3.29. The molecule has 0 bridgehead atoms. The number of rotatable bonds is 13. The van der Waals surface area contributed by atoms with Gasteiger partial charge >= 0.3 is 0 Å². The van der Waals surface area contributed by atoms with Crippen LogP contribution in [0.1, 0.15) is 61.1 Å². The first-order valence-corrected chi connectivity index (χ1v) is 21.0. The van der Waals surface area contributed by atoms with Crippen molar-refractivity contribution in [3.8, 4) is 67.9 Å². The largest absolute Gasteiger partial charge is 0.507 e. The van der Waals surface area contributed by atoms with Crippen LogP contribution in [0.25, 0.3) is 33.4 Å².